The van der Waals surface area contributed by atoms with Crippen LogP contribution in [-0.4, -0.2) is 49.0 Å². The summed E-state index contributed by atoms with van der Waals surface area (Å²) in [4.78, 5) is 16.1. The van der Waals surface area contributed by atoms with Crippen LogP contribution in [0.1, 0.15) is 34.3 Å². The highest BCUT2D eigenvalue weighted by molar-refractivity contribution is 5.98. The lowest BCUT2D eigenvalue weighted by Crippen LogP contribution is -2.34. The number of piperidine rings is 1. The summed E-state index contributed by atoms with van der Waals surface area (Å²) in [7, 11) is 4.00. The summed E-state index contributed by atoms with van der Waals surface area (Å²) in [5, 5.41) is 0. The van der Waals surface area contributed by atoms with E-state index in [4.69, 9.17) is 4.74 Å². The Balaban J connectivity index is 1.60. The molecular formula is C16H22N2O2. The zero-order valence-electron chi connectivity index (χ0n) is 12.3. The van der Waals surface area contributed by atoms with Gasteiger partial charge in [0, 0.05) is 32.2 Å². The maximum absolute atomic E-state index is 12.0. The molecule has 4 heteroatoms. The normalized spacial score (nSPS) is 20.5. The molecule has 0 atom stereocenters. The number of likely N-dealkylation sites (tertiary alicyclic amines) is 1. The van der Waals surface area contributed by atoms with Crippen molar-refractivity contribution in [3.63, 3.8) is 0 Å². The third-order valence-electron chi connectivity index (χ3n) is 4.31. The van der Waals surface area contributed by atoms with Gasteiger partial charge in [-0.1, -0.05) is 12.1 Å². The van der Waals surface area contributed by atoms with Gasteiger partial charge in [-0.25, -0.2) is 0 Å². The number of hydrogen-bond donors (Lipinski definition) is 0. The summed E-state index contributed by atoms with van der Waals surface area (Å²) in [6.45, 7) is 3.55. The number of fused-ring (bicyclic) bond motifs is 1. The minimum Gasteiger partial charge on any atom is -0.373 e. The number of nitrogens with zero attached hydrogens (tertiary/aromatic N) is 2. The van der Waals surface area contributed by atoms with Crippen LogP contribution in [0.5, 0.6) is 0 Å². The van der Waals surface area contributed by atoms with Gasteiger partial charge < -0.3 is 14.5 Å². The highest BCUT2D eigenvalue weighted by Crippen LogP contribution is 2.23. The van der Waals surface area contributed by atoms with Crippen molar-refractivity contribution in [2.24, 2.45) is 0 Å². The third kappa shape index (κ3) is 2.72. The molecule has 1 amide bonds. The molecule has 108 valence electrons. The molecule has 0 radical (unpaired) electrons. The first kappa shape index (κ1) is 13.6. The monoisotopic (exact) mass is 274 g/mol. The Kier molecular flexibility index (Phi) is 3.76. The van der Waals surface area contributed by atoms with Crippen LogP contribution in [0.3, 0.4) is 0 Å². The summed E-state index contributed by atoms with van der Waals surface area (Å²) < 4.78 is 5.99. The van der Waals surface area contributed by atoms with E-state index in [1.807, 2.05) is 13.1 Å². The largest absolute Gasteiger partial charge is 0.373 e. The van der Waals surface area contributed by atoms with E-state index in [1.165, 1.54) is 0 Å². The van der Waals surface area contributed by atoms with Gasteiger partial charge in [0.1, 0.15) is 0 Å². The lowest BCUT2D eigenvalue weighted by molar-refractivity contribution is 0.00212. The van der Waals surface area contributed by atoms with Crippen molar-refractivity contribution in [2.75, 3.05) is 27.2 Å². The fourth-order valence-electron chi connectivity index (χ4n) is 2.95. The van der Waals surface area contributed by atoms with Crippen molar-refractivity contribution in [3.05, 3.63) is 34.9 Å². The van der Waals surface area contributed by atoms with E-state index in [9.17, 15) is 4.79 Å². The first-order valence-corrected chi connectivity index (χ1v) is 7.31. The molecule has 0 aromatic heterocycles. The summed E-state index contributed by atoms with van der Waals surface area (Å²) in [6, 6.07) is 6.14. The molecule has 0 N–H and O–H groups in total. The van der Waals surface area contributed by atoms with E-state index in [2.05, 4.69) is 24.1 Å². The van der Waals surface area contributed by atoms with Gasteiger partial charge in [0.05, 0.1) is 12.7 Å². The molecule has 1 fully saturated rings. The van der Waals surface area contributed by atoms with Gasteiger partial charge in [-0.3, -0.25) is 4.79 Å². The van der Waals surface area contributed by atoms with Crippen LogP contribution in [0.15, 0.2) is 18.2 Å². The number of ether oxygens (including phenoxy) is 1. The van der Waals surface area contributed by atoms with Gasteiger partial charge >= 0.3 is 0 Å². The summed E-state index contributed by atoms with van der Waals surface area (Å²) >= 11 is 0. The van der Waals surface area contributed by atoms with Crippen molar-refractivity contribution < 1.29 is 9.53 Å². The lowest BCUT2D eigenvalue weighted by Gasteiger charge is -2.28. The Morgan fingerprint density at radius 3 is 2.75 bits per heavy atom. The Morgan fingerprint density at radius 2 is 2.00 bits per heavy atom. The Morgan fingerprint density at radius 1 is 1.25 bits per heavy atom. The molecule has 4 nitrogen and oxygen atoms in total. The van der Waals surface area contributed by atoms with Crippen molar-refractivity contribution in [3.8, 4) is 0 Å². The molecule has 3 rings (SSSR count). The summed E-state index contributed by atoms with van der Waals surface area (Å²) in [5.41, 5.74) is 3.07. The number of amides is 1. The van der Waals surface area contributed by atoms with E-state index < -0.39 is 0 Å². The van der Waals surface area contributed by atoms with Crippen LogP contribution in [0.25, 0.3) is 0 Å². The highest BCUT2D eigenvalue weighted by atomic mass is 16.5. The van der Waals surface area contributed by atoms with E-state index >= 15 is 0 Å². The predicted octanol–water partition coefficient (Wildman–Crippen LogP) is 1.88. The fraction of sp³-hybridized carbons (Fsp3) is 0.562. The van der Waals surface area contributed by atoms with Crippen molar-refractivity contribution in [1.29, 1.82) is 0 Å². The number of carbonyl (C=O) groups is 1. The summed E-state index contributed by atoms with van der Waals surface area (Å²) in [5.74, 6) is 0.126. The molecule has 1 aromatic carbocycles. The molecule has 1 saturated heterocycles. The Hall–Kier alpha value is -1.39. The van der Waals surface area contributed by atoms with Gasteiger partial charge in [-0.15, -0.1) is 0 Å². The Labute approximate surface area is 120 Å². The maximum Gasteiger partial charge on any atom is 0.254 e. The number of carbonyl (C=O) groups excluding carboxylic acids is 1. The van der Waals surface area contributed by atoms with Crippen LogP contribution >= 0.6 is 0 Å². The van der Waals surface area contributed by atoms with Gasteiger partial charge in [0.2, 0.25) is 0 Å². The zero-order valence-corrected chi connectivity index (χ0v) is 12.3. The van der Waals surface area contributed by atoms with Gasteiger partial charge in [0.25, 0.3) is 5.91 Å². The standard InChI is InChI=1S/C16H22N2O2/c1-17-7-5-14(6-8-17)20-11-12-3-4-13-10-18(2)16(19)15(13)9-12/h3-4,9,14H,5-8,10-11H2,1-2H3. The van der Waals surface area contributed by atoms with Gasteiger partial charge in [-0.2, -0.15) is 0 Å². The van der Waals surface area contributed by atoms with Crippen molar-refractivity contribution in [2.45, 2.75) is 32.1 Å². The molecule has 0 bridgehead atoms. The fourth-order valence-corrected chi connectivity index (χ4v) is 2.95. The third-order valence-corrected chi connectivity index (χ3v) is 4.31. The van der Waals surface area contributed by atoms with E-state index in [0.29, 0.717) is 12.7 Å². The van der Waals surface area contributed by atoms with Crippen molar-refractivity contribution >= 4 is 5.91 Å². The van der Waals surface area contributed by atoms with Crippen LogP contribution in [-0.2, 0) is 17.9 Å². The van der Waals surface area contributed by atoms with Gasteiger partial charge in [0.15, 0.2) is 0 Å². The second kappa shape index (κ2) is 5.54. The molecule has 1 aromatic rings. The van der Waals surface area contributed by atoms with Gasteiger partial charge in [-0.05, 0) is 37.1 Å². The summed E-state index contributed by atoms with van der Waals surface area (Å²) in [6.07, 6.45) is 2.56. The zero-order chi connectivity index (χ0) is 14.1. The maximum atomic E-state index is 12.0. The molecular weight excluding hydrogens is 252 g/mol. The van der Waals surface area contributed by atoms with Crippen LogP contribution in [0.4, 0.5) is 0 Å². The first-order chi connectivity index (χ1) is 9.63. The van der Waals surface area contributed by atoms with E-state index in [1.54, 1.807) is 4.90 Å². The molecule has 0 saturated carbocycles. The number of benzene rings is 1. The quantitative estimate of drug-likeness (QED) is 0.844. The van der Waals surface area contributed by atoms with Crippen molar-refractivity contribution in [1.82, 2.24) is 9.80 Å². The molecule has 20 heavy (non-hydrogen) atoms. The van der Waals surface area contributed by atoms with Crippen LogP contribution in [0.2, 0.25) is 0 Å². The predicted molar refractivity (Wildman–Crippen MR) is 77.5 cm³/mol. The Bertz CT molecular complexity index is 507. The average Bonchev–Trinajstić information content (AvgIpc) is 2.74. The second-order valence-corrected chi connectivity index (χ2v) is 5.97. The van der Waals surface area contributed by atoms with E-state index in [-0.39, 0.29) is 5.91 Å². The van der Waals surface area contributed by atoms with Crippen LogP contribution < -0.4 is 0 Å². The molecule has 2 aliphatic heterocycles. The molecule has 2 heterocycles. The van der Waals surface area contributed by atoms with Crippen LogP contribution in [0, 0.1) is 0 Å². The number of hydrogen-bond acceptors (Lipinski definition) is 3. The molecule has 0 unspecified atom stereocenters. The SMILES string of the molecule is CN1CCC(OCc2ccc3c(c2)C(=O)N(C)C3)CC1. The van der Waals surface area contributed by atoms with E-state index in [0.717, 1.165) is 49.2 Å². The second-order valence-electron chi connectivity index (χ2n) is 5.97. The average molecular weight is 274 g/mol. The minimum absolute atomic E-state index is 0.126. The number of rotatable bonds is 3. The molecule has 2 aliphatic rings. The highest BCUT2D eigenvalue weighted by Gasteiger charge is 2.24. The first-order valence-electron chi connectivity index (χ1n) is 7.31. The molecule has 0 aliphatic carbocycles. The molecule has 0 spiro atoms. The lowest BCUT2D eigenvalue weighted by atomic mass is 10.1. The topological polar surface area (TPSA) is 32.8 Å². The minimum atomic E-state index is 0.126. The smallest absolute Gasteiger partial charge is 0.254 e.